The third kappa shape index (κ3) is 3.68. The largest absolute Gasteiger partial charge is 0.505 e. The van der Waals surface area contributed by atoms with E-state index in [1.165, 1.54) is 7.05 Å². The van der Waals surface area contributed by atoms with Gasteiger partial charge in [-0.15, -0.1) is 9.45 Å². The molecule has 0 fully saturated rings. The van der Waals surface area contributed by atoms with Gasteiger partial charge in [-0.25, -0.2) is 5.26 Å². The number of azo groups is 2. The first kappa shape index (κ1) is 16.1. The Bertz CT molecular complexity index is 722. The average molecular weight is 323 g/mol. The molecule has 0 aliphatic carbocycles. The van der Waals surface area contributed by atoms with Crippen LogP contribution in [0.25, 0.3) is 10.8 Å². The van der Waals surface area contributed by atoms with Crippen molar-refractivity contribution in [2.45, 2.75) is 4.90 Å². The highest BCUT2D eigenvalue weighted by atomic mass is 32.2. The molecular weight excluding hydrogens is 310 g/mol. The number of aromatic hydroxyl groups is 1. The van der Waals surface area contributed by atoms with Gasteiger partial charge in [-0.05, 0) is 23.6 Å². The number of anilines is 1. The van der Waals surface area contributed by atoms with Gasteiger partial charge in [-0.3, -0.25) is 0 Å². The summed E-state index contributed by atoms with van der Waals surface area (Å²) < 4.78 is 4.41. The van der Waals surface area contributed by atoms with Crippen molar-refractivity contribution in [3.05, 3.63) is 24.3 Å². The maximum absolute atomic E-state index is 10.4. The normalized spacial score (nSPS) is 11.9. The monoisotopic (exact) mass is 323 g/mol. The van der Waals surface area contributed by atoms with Gasteiger partial charge in [0.15, 0.2) is 12.4 Å². The summed E-state index contributed by atoms with van der Waals surface area (Å²) in [6.07, 6.45) is 0. The average Bonchev–Trinajstić information content (AvgIpc) is 2.52. The molecule has 22 heavy (non-hydrogen) atoms. The van der Waals surface area contributed by atoms with Gasteiger partial charge in [0.2, 0.25) is 0 Å². The Morgan fingerprint density at radius 3 is 2.82 bits per heavy atom. The second-order valence-electron chi connectivity index (χ2n) is 4.00. The zero-order valence-electron chi connectivity index (χ0n) is 11.5. The fraction of sp³-hybridized carbons (Fsp3) is 0.167. The van der Waals surface area contributed by atoms with Crippen LogP contribution in [0.3, 0.4) is 0 Å². The molecular formula is C12H13N5O4S. The minimum absolute atomic E-state index is 0.0202. The van der Waals surface area contributed by atoms with Gasteiger partial charge in [-0.1, -0.05) is 11.1 Å². The lowest BCUT2D eigenvalue weighted by Gasteiger charge is -2.09. The second kappa shape index (κ2) is 7.66. The number of nitrogen functional groups attached to an aromatic ring is 1. The van der Waals surface area contributed by atoms with Crippen molar-refractivity contribution < 1.29 is 19.7 Å². The summed E-state index contributed by atoms with van der Waals surface area (Å²) in [4.78, 5) is 0.390. The van der Waals surface area contributed by atoms with Gasteiger partial charge >= 0.3 is 0 Å². The van der Waals surface area contributed by atoms with Crippen molar-refractivity contribution in [2.75, 3.05) is 19.5 Å². The summed E-state index contributed by atoms with van der Waals surface area (Å²) in [5.74, 6) is -0.119. The van der Waals surface area contributed by atoms with Crippen molar-refractivity contribution >= 4 is 34.2 Å². The fourth-order valence-corrected chi connectivity index (χ4v) is 2.26. The molecule has 0 unspecified atom stereocenters. The van der Waals surface area contributed by atoms with Crippen LogP contribution in [0, 0.1) is 0 Å². The molecule has 0 saturated heterocycles. The molecule has 0 aromatic heterocycles. The highest BCUT2D eigenvalue weighted by Crippen LogP contribution is 2.43. The van der Waals surface area contributed by atoms with E-state index in [1.54, 1.807) is 24.3 Å². The molecule has 0 heterocycles. The zero-order chi connectivity index (χ0) is 15.9. The van der Waals surface area contributed by atoms with Crippen LogP contribution in [0.15, 0.2) is 49.6 Å². The Balaban J connectivity index is 2.52. The molecule has 0 bridgehead atoms. The van der Waals surface area contributed by atoms with E-state index in [0.717, 1.165) is 0 Å². The molecule has 4 N–H and O–H groups in total. The minimum Gasteiger partial charge on any atom is -0.505 e. The first-order valence-electron chi connectivity index (χ1n) is 6.00. The molecule has 9 nitrogen and oxygen atoms in total. The predicted molar refractivity (Wildman–Crippen MR) is 80.8 cm³/mol. The number of fused-ring (bicyclic) bond motifs is 1. The standard InChI is InChI=1S/C12H13N5O4S/c1-14-15-6-16-17-11-10(22-21-20-19)4-7-2-3-8(13)5-9(7)12(11)18/h2-5,18-19H,6,13H2,1H3. The van der Waals surface area contributed by atoms with Crippen LogP contribution in [0.4, 0.5) is 11.4 Å². The molecule has 0 amide bonds. The summed E-state index contributed by atoms with van der Waals surface area (Å²) in [5, 5.41) is 38.3. The van der Waals surface area contributed by atoms with Gasteiger partial charge in [0.25, 0.3) is 0 Å². The van der Waals surface area contributed by atoms with Crippen molar-refractivity contribution in [2.24, 2.45) is 20.5 Å². The number of benzene rings is 2. The van der Waals surface area contributed by atoms with E-state index in [9.17, 15) is 5.11 Å². The minimum atomic E-state index is -0.119. The lowest BCUT2D eigenvalue weighted by atomic mass is 10.1. The van der Waals surface area contributed by atoms with Crippen LogP contribution >= 0.6 is 12.0 Å². The SMILES string of the molecule is CN=NCN=Nc1c(SOOO)cc2ccc(N)cc2c1O. The van der Waals surface area contributed by atoms with Gasteiger partial charge < -0.3 is 10.8 Å². The molecule has 0 radical (unpaired) electrons. The van der Waals surface area contributed by atoms with E-state index in [1.807, 2.05) is 0 Å². The van der Waals surface area contributed by atoms with Crippen LogP contribution < -0.4 is 5.73 Å². The van der Waals surface area contributed by atoms with E-state index in [-0.39, 0.29) is 18.1 Å². The Morgan fingerprint density at radius 1 is 1.27 bits per heavy atom. The van der Waals surface area contributed by atoms with E-state index >= 15 is 0 Å². The van der Waals surface area contributed by atoms with Crippen LogP contribution in [0.2, 0.25) is 0 Å². The molecule has 0 aliphatic heterocycles. The quantitative estimate of drug-likeness (QED) is 0.244. The summed E-state index contributed by atoms with van der Waals surface area (Å²) in [6.45, 7) is 0.0202. The van der Waals surface area contributed by atoms with Crippen LogP contribution in [0.1, 0.15) is 0 Å². The van der Waals surface area contributed by atoms with E-state index in [2.05, 4.69) is 29.8 Å². The smallest absolute Gasteiger partial charge is 0.171 e. The predicted octanol–water partition coefficient (Wildman–Crippen LogP) is 3.68. The molecule has 116 valence electrons. The van der Waals surface area contributed by atoms with E-state index in [0.29, 0.717) is 33.4 Å². The van der Waals surface area contributed by atoms with Gasteiger partial charge in [0.05, 0.1) is 16.9 Å². The van der Waals surface area contributed by atoms with Crippen molar-refractivity contribution in [1.29, 1.82) is 0 Å². The molecule has 2 rings (SSSR count). The first-order chi connectivity index (χ1) is 10.7. The third-order valence-corrected chi connectivity index (χ3v) is 3.29. The molecule has 0 saturated carbocycles. The molecule has 10 heteroatoms. The number of phenolic OH excluding ortho intramolecular Hbond substituents is 1. The first-order valence-corrected chi connectivity index (χ1v) is 6.74. The lowest BCUT2D eigenvalue weighted by Crippen LogP contribution is -1.87. The Morgan fingerprint density at radius 2 is 2.09 bits per heavy atom. The van der Waals surface area contributed by atoms with Gasteiger partial charge in [0.1, 0.15) is 5.69 Å². The van der Waals surface area contributed by atoms with Crippen molar-refractivity contribution in [1.82, 2.24) is 0 Å². The number of nitrogens with zero attached hydrogens (tertiary/aromatic N) is 4. The summed E-state index contributed by atoms with van der Waals surface area (Å²) in [5.41, 5.74) is 6.37. The van der Waals surface area contributed by atoms with Crippen molar-refractivity contribution in [3.63, 3.8) is 0 Å². The molecule has 0 atom stereocenters. The van der Waals surface area contributed by atoms with E-state index in [4.69, 9.17) is 11.0 Å². The number of hydrogen-bond acceptors (Lipinski definition) is 10. The van der Waals surface area contributed by atoms with Crippen LogP contribution in [0.5, 0.6) is 5.75 Å². The lowest BCUT2D eigenvalue weighted by molar-refractivity contribution is -0.432. The molecule has 2 aromatic rings. The number of phenols is 1. The summed E-state index contributed by atoms with van der Waals surface area (Å²) in [6, 6.07) is 6.74. The Hall–Kier alpha value is -2.27. The molecule has 2 aromatic carbocycles. The highest BCUT2D eigenvalue weighted by molar-refractivity contribution is 7.94. The molecule has 0 spiro atoms. The van der Waals surface area contributed by atoms with Crippen molar-refractivity contribution in [3.8, 4) is 5.75 Å². The maximum atomic E-state index is 10.4. The van der Waals surface area contributed by atoms with Gasteiger partial charge in [0, 0.05) is 18.1 Å². The summed E-state index contributed by atoms with van der Waals surface area (Å²) >= 11 is 0.673. The van der Waals surface area contributed by atoms with E-state index < -0.39 is 0 Å². The Labute approximate surface area is 129 Å². The number of hydrogen-bond donors (Lipinski definition) is 3. The zero-order valence-corrected chi connectivity index (χ0v) is 12.3. The second-order valence-corrected chi connectivity index (χ2v) is 4.75. The Kier molecular flexibility index (Phi) is 5.61. The maximum Gasteiger partial charge on any atom is 0.171 e. The number of nitrogens with two attached hydrogens (primary N) is 1. The highest BCUT2D eigenvalue weighted by Gasteiger charge is 2.15. The van der Waals surface area contributed by atoms with Gasteiger partial charge in [-0.2, -0.15) is 15.3 Å². The third-order valence-electron chi connectivity index (χ3n) is 2.67. The van der Waals surface area contributed by atoms with Crippen LogP contribution in [-0.2, 0) is 9.37 Å². The fourth-order valence-electron chi connectivity index (χ4n) is 1.76. The number of rotatable bonds is 6. The van der Waals surface area contributed by atoms with Crippen LogP contribution in [-0.4, -0.2) is 24.1 Å². The summed E-state index contributed by atoms with van der Waals surface area (Å²) in [7, 11) is 1.51. The molecule has 0 aliphatic rings. The topological polar surface area (TPSA) is 134 Å².